The quantitative estimate of drug-likeness (QED) is 0.896. The van der Waals surface area contributed by atoms with E-state index < -0.39 is 0 Å². The number of hydrogen-bond donors (Lipinski definition) is 1. The van der Waals surface area contributed by atoms with Crippen LogP contribution in [0, 0.1) is 6.92 Å². The highest BCUT2D eigenvalue weighted by molar-refractivity contribution is 5.85. The Hall–Kier alpha value is -0.580. The number of nitrogens with one attached hydrogen (secondary N) is 1. The standard InChI is InChI=1S/C14H24N4.ClH/c1-11-12(8-16-17(11)2)9-18(14-5-6-14)10-13-4-3-7-15-13;/h8,13-15H,3-7,9-10H2,1-2H3;1H. The molecule has 1 atom stereocenters. The predicted molar refractivity (Wildman–Crippen MR) is 79.6 cm³/mol. The second kappa shape index (κ2) is 6.25. The highest BCUT2D eigenvalue weighted by Gasteiger charge is 2.31. The first-order valence-corrected chi connectivity index (χ1v) is 7.19. The lowest BCUT2D eigenvalue weighted by atomic mass is 10.2. The van der Waals surface area contributed by atoms with Crippen LogP contribution in [-0.2, 0) is 13.6 Å². The molecular weight excluding hydrogens is 260 g/mol. The molecule has 2 aliphatic rings. The average Bonchev–Trinajstić information content (AvgIpc) is 3.01. The van der Waals surface area contributed by atoms with Crippen LogP contribution in [-0.4, -0.2) is 39.9 Å². The van der Waals surface area contributed by atoms with Crippen LogP contribution >= 0.6 is 12.4 Å². The van der Waals surface area contributed by atoms with E-state index in [0.717, 1.165) is 12.6 Å². The highest BCUT2D eigenvalue weighted by Crippen LogP contribution is 2.29. The third kappa shape index (κ3) is 3.50. The first kappa shape index (κ1) is 14.8. The van der Waals surface area contributed by atoms with Crippen LogP contribution in [0.1, 0.15) is 36.9 Å². The Morgan fingerprint density at radius 2 is 2.21 bits per heavy atom. The van der Waals surface area contributed by atoms with Crippen molar-refractivity contribution < 1.29 is 0 Å². The Morgan fingerprint density at radius 3 is 2.74 bits per heavy atom. The van der Waals surface area contributed by atoms with Gasteiger partial charge in [-0.25, -0.2) is 0 Å². The van der Waals surface area contributed by atoms with Gasteiger partial charge in [0.1, 0.15) is 0 Å². The molecule has 0 bridgehead atoms. The Kier molecular flexibility index (Phi) is 4.87. The fourth-order valence-electron chi connectivity index (χ4n) is 2.90. The number of nitrogens with zero attached hydrogens (tertiary/aromatic N) is 3. The monoisotopic (exact) mass is 284 g/mol. The molecule has 108 valence electrons. The minimum absolute atomic E-state index is 0. The summed E-state index contributed by atoms with van der Waals surface area (Å²) in [6.45, 7) is 5.65. The molecule has 1 saturated heterocycles. The zero-order chi connectivity index (χ0) is 12.5. The van der Waals surface area contributed by atoms with E-state index in [0.29, 0.717) is 6.04 Å². The van der Waals surface area contributed by atoms with Crippen LogP contribution in [0.4, 0.5) is 0 Å². The van der Waals surface area contributed by atoms with Crippen LogP contribution in [0.2, 0.25) is 0 Å². The normalized spacial score (nSPS) is 22.8. The molecule has 5 heteroatoms. The number of hydrogen-bond acceptors (Lipinski definition) is 3. The van der Waals surface area contributed by atoms with E-state index in [-0.39, 0.29) is 12.4 Å². The molecule has 3 rings (SSSR count). The van der Waals surface area contributed by atoms with Gasteiger partial charge in [0.15, 0.2) is 0 Å². The lowest BCUT2D eigenvalue weighted by Crippen LogP contribution is -2.38. The highest BCUT2D eigenvalue weighted by atomic mass is 35.5. The van der Waals surface area contributed by atoms with Gasteiger partial charge in [-0.15, -0.1) is 12.4 Å². The zero-order valence-corrected chi connectivity index (χ0v) is 12.7. The Morgan fingerprint density at radius 1 is 1.42 bits per heavy atom. The molecule has 0 aromatic carbocycles. The second-order valence-electron chi connectivity index (χ2n) is 5.83. The molecule has 1 N–H and O–H groups in total. The Labute approximate surface area is 122 Å². The van der Waals surface area contributed by atoms with Crippen molar-refractivity contribution in [3.05, 3.63) is 17.5 Å². The summed E-state index contributed by atoms with van der Waals surface area (Å²) in [7, 11) is 2.03. The molecule has 0 spiro atoms. The van der Waals surface area contributed by atoms with Gasteiger partial charge in [0.2, 0.25) is 0 Å². The van der Waals surface area contributed by atoms with E-state index in [2.05, 4.69) is 22.2 Å². The van der Waals surface area contributed by atoms with Gasteiger partial charge in [-0.3, -0.25) is 9.58 Å². The minimum atomic E-state index is 0. The van der Waals surface area contributed by atoms with E-state index in [4.69, 9.17) is 0 Å². The summed E-state index contributed by atoms with van der Waals surface area (Å²) in [5, 5.41) is 7.97. The van der Waals surface area contributed by atoms with E-state index in [1.165, 1.54) is 50.0 Å². The Bertz CT molecular complexity index is 408. The summed E-state index contributed by atoms with van der Waals surface area (Å²) in [6.07, 6.45) is 7.48. The number of aromatic nitrogens is 2. The lowest BCUT2D eigenvalue weighted by Gasteiger charge is -2.25. The lowest BCUT2D eigenvalue weighted by molar-refractivity contribution is 0.230. The molecule has 1 aromatic heterocycles. The third-order valence-electron chi connectivity index (χ3n) is 4.39. The number of rotatable bonds is 5. The van der Waals surface area contributed by atoms with Gasteiger partial charge in [0.25, 0.3) is 0 Å². The molecule has 0 radical (unpaired) electrons. The van der Waals surface area contributed by atoms with E-state index in [1.54, 1.807) is 0 Å². The summed E-state index contributed by atoms with van der Waals surface area (Å²) >= 11 is 0. The maximum absolute atomic E-state index is 4.36. The van der Waals surface area contributed by atoms with Crippen molar-refractivity contribution in [2.24, 2.45) is 7.05 Å². The molecule has 2 fully saturated rings. The summed E-state index contributed by atoms with van der Waals surface area (Å²) in [6, 6.07) is 1.54. The average molecular weight is 285 g/mol. The van der Waals surface area contributed by atoms with Crippen LogP contribution in [0.15, 0.2) is 6.20 Å². The fraction of sp³-hybridized carbons (Fsp3) is 0.786. The fourth-order valence-corrected chi connectivity index (χ4v) is 2.90. The maximum atomic E-state index is 4.36. The molecular formula is C14H25ClN4. The van der Waals surface area contributed by atoms with Crippen LogP contribution in [0.3, 0.4) is 0 Å². The molecule has 1 saturated carbocycles. The summed E-state index contributed by atoms with van der Waals surface area (Å²) < 4.78 is 1.98. The van der Waals surface area contributed by atoms with Gasteiger partial charge in [-0.05, 0) is 39.2 Å². The molecule has 0 amide bonds. The van der Waals surface area contributed by atoms with Crippen molar-refractivity contribution in [2.45, 2.75) is 51.2 Å². The first-order valence-electron chi connectivity index (χ1n) is 7.19. The van der Waals surface area contributed by atoms with Crippen LogP contribution < -0.4 is 5.32 Å². The molecule has 1 aromatic rings. The van der Waals surface area contributed by atoms with Gasteiger partial charge in [-0.1, -0.05) is 0 Å². The van der Waals surface area contributed by atoms with E-state index >= 15 is 0 Å². The summed E-state index contributed by atoms with van der Waals surface area (Å²) in [4.78, 5) is 2.66. The van der Waals surface area contributed by atoms with Crippen LogP contribution in [0.25, 0.3) is 0 Å². The van der Waals surface area contributed by atoms with Crippen molar-refractivity contribution in [1.82, 2.24) is 20.0 Å². The van der Waals surface area contributed by atoms with Crippen LogP contribution in [0.5, 0.6) is 0 Å². The topological polar surface area (TPSA) is 33.1 Å². The molecule has 1 unspecified atom stereocenters. The first-order chi connectivity index (χ1) is 8.74. The van der Waals surface area contributed by atoms with Gasteiger partial charge in [-0.2, -0.15) is 5.10 Å². The number of aryl methyl sites for hydroxylation is 1. The second-order valence-corrected chi connectivity index (χ2v) is 5.83. The maximum Gasteiger partial charge on any atom is 0.0537 e. The van der Waals surface area contributed by atoms with Crippen molar-refractivity contribution in [1.29, 1.82) is 0 Å². The number of halogens is 1. The summed E-state index contributed by atoms with van der Waals surface area (Å²) in [5.74, 6) is 0. The Balaban J connectivity index is 0.00000133. The van der Waals surface area contributed by atoms with Crippen molar-refractivity contribution in [3.8, 4) is 0 Å². The smallest absolute Gasteiger partial charge is 0.0537 e. The van der Waals surface area contributed by atoms with E-state index in [9.17, 15) is 0 Å². The van der Waals surface area contributed by atoms with Gasteiger partial charge >= 0.3 is 0 Å². The molecule has 4 nitrogen and oxygen atoms in total. The molecule has 2 heterocycles. The SMILES string of the molecule is Cc1c(CN(CC2CCCN2)C2CC2)cnn1C.Cl. The molecule has 1 aliphatic heterocycles. The third-order valence-corrected chi connectivity index (χ3v) is 4.39. The van der Waals surface area contributed by atoms with Gasteiger partial charge in [0.05, 0.1) is 6.20 Å². The van der Waals surface area contributed by atoms with Crippen molar-refractivity contribution in [3.63, 3.8) is 0 Å². The molecule has 1 aliphatic carbocycles. The van der Waals surface area contributed by atoms with Crippen molar-refractivity contribution >= 4 is 12.4 Å². The minimum Gasteiger partial charge on any atom is -0.313 e. The van der Waals surface area contributed by atoms with Gasteiger partial charge in [0, 0.05) is 43.5 Å². The van der Waals surface area contributed by atoms with Crippen molar-refractivity contribution in [2.75, 3.05) is 13.1 Å². The molecule has 19 heavy (non-hydrogen) atoms. The van der Waals surface area contributed by atoms with Gasteiger partial charge < -0.3 is 5.32 Å². The zero-order valence-electron chi connectivity index (χ0n) is 11.9. The summed E-state index contributed by atoms with van der Waals surface area (Å²) in [5.41, 5.74) is 2.70. The largest absolute Gasteiger partial charge is 0.313 e. The van der Waals surface area contributed by atoms with E-state index in [1.807, 2.05) is 17.9 Å². The predicted octanol–water partition coefficient (Wildman–Crippen LogP) is 1.87.